The van der Waals surface area contributed by atoms with E-state index in [1.165, 1.54) is 35.2 Å². The summed E-state index contributed by atoms with van der Waals surface area (Å²) < 4.78 is 64.8. The first kappa shape index (κ1) is 37.0. The van der Waals surface area contributed by atoms with E-state index in [2.05, 4.69) is 47.6 Å². The monoisotopic (exact) mass is 716 g/mol. The minimum Gasteiger partial charge on any atom is -0.371 e. The van der Waals surface area contributed by atoms with Crippen molar-refractivity contribution in [3.63, 3.8) is 0 Å². The second kappa shape index (κ2) is 17.1. The summed E-state index contributed by atoms with van der Waals surface area (Å²) in [6, 6.07) is 10.1. The molecule has 2 aliphatic heterocycles. The maximum absolute atomic E-state index is 14.0. The number of fused-ring (bicyclic) bond motifs is 1. The van der Waals surface area contributed by atoms with E-state index < -0.39 is 20.1 Å². The molecule has 8 nitrogen and oxygen atoms in total. The molecule has 0 spiro atoms. The number of anilines is 1. The molecular weight excluding hydrogens is 663 g/mol. The average molecular weight is 717 g/mol. The lowest BCUT2D eigenvalue weighted by Crippen LogP contribution is -2.35. The number of unbranched alkanes of at least 4 members (excludes halogenated alkanes) is 7. The molecule has 2 aliphatic rings. The standard InChI is InChI=1S/C37H53N3O5S3/c1-3-5-7-9-23-39(24-10-8-6-4-2)48(44,45)33-18-19-34-35(29-33)46-36(40(34)25-11-12-26-47(41,42)43)20-17-30-27-31-15-13-21-38-22-14-16-32(28-30)37(31)38/h17-20,27-29H,3-16,21-26H2,1-2H3/p+1. The van der Waals surface area contributed by atoms with Gasteiger partial charge < -0.3 is 4.90 Å². The van der Waals surface area contributed by atoms with E-state index in [0.29, 0.717) is 37.4 Å². The Balaban J connectivity index is 1.45. The third kappa shape index (κ3) is 9.47. The summed E-state index contributed by atoms with van der Waals surface area (Å²) in [6.07, 6.45) is 18.0. The molecule has 264 valence electrons. The van der Waals surface area contributed by atoms with Gasteiger partial charge in [-0.15, -0.1) is 0 Å². The van der Waals surface area contributed by atoms with Gasteiger partial charge in [-0.25, -0.2) is 8.42 Å². The number of hydrogen-bond donors (Lipinski definition) is 1. The van der Waals surface area contributed by atoms with Crippen LogP contribution >= 0.6 is 11.3 Å². The van der Waals surface area contributed by atoms with Crippen molar-refractivity contribution >= 4 is 59.5 Å². The average Bonchev–Trinajstić information content (AvgIpc) is 3.41. The van der Waals surface area contributed by atoms with Crippen molar-refractivity contribution in [2.75, 3.05) is 36.8 Å². The molecule has 0 fully saturated rings. The molecule has 0 radical (unpaired) electrons. The molecule has 0 amide bonds. The van der Waals surface area contributed by atoms with Gasteiger partial charge in [0.15, 0.2) is 6.54 Å². The van der Waals surface area contributed by atoms with Crippen molar-refractivity contribution in [2.24, 2.45) is 0 Å². The number of aryl methyl sites for hydroxylation is 3. The van der Waals surface area contributed by atoms with Crippen molar-refractivity contribution in [3.8, 4) is 0 Å². The lowest BCUT2D eigenvalue weighted by atomic mass is 9.90. The van der Waals surface area contributed by atoms with Crippen LogP contribution in [0, 0.1) is 0 Å². The van der Waals surface area contributed by atoms with Gasteiger partial charge in [0.1, 0.15) is 4.70 Å². The first-order valence-electron chi connectivity index (χ1n) is 18.1. The number of rotatable bonds is 19. The topological polar surface area (TPSA) is 98.9 Å². The van der Waals surface area contributed by atoms with Crippen LogP contribution in [0.4, 0.5) is 5.69 Å². The molecule has 3 heterocycles. The first-order valence-corrected chi connectivity index (χ1v) is 22.0. The van der Waals surface area contributed by atoms with Gasteiger partial charge in [0, 0.05) is 50.4 Å². The van der Waals surface area contributed by atoms with Gasteiger partial charge in [-0.1, -0.05) is 63.7 Å². The molecule has 11 heteroatoms. The summed E-state index contributed by atoms with van der Waals surface area (Å²) >= 11 is 1.57. The molecule has 3 aromatic rings. The lowest BCUT2D eigenvalue weighted by molar-refractivity contribution is -0.669. The van der Waals surface area contributed by atoms with E-state index in [1.807, 2.05) is 12.1 Å². The fraction of sp³-hybridized carbons (Fsp3) is 0.595. The zero-order valence-corrected chi connectivity index (χ0v) is 31.3. The molecule has 0 unspecified atom stereocenters. The third-order valence-corrected chi connectivity index (χ3v) is 13.5. The second-order valence-corrected chi connectivity index (χ2v) is 18.0. The molecule has 2 aromatic carbocycles. The maximum Gasteiger partial charge on any atom is 0.264 e. The van der Waals surface area contributed by atoms with Crippen LogP contribution in [0.1, 0.15) is 113 Å². The summed E-state index contributed by atoms with van der Waals surface area (Å²) in [7, 11) is -7.69. The van der Waals surface area contributed by atoms with Crippen LogP contribution in [0.2, 0.25) is 0 Å². The Morgan fingerprint density at radius 2 is 1.48 bits per heavy atom. The number of benzene rings is 2. The van der Waals surface area contributed by atoms with Crippen molar-refractivity contribution < 1.29 is 26.0 Å². The highest BCUT2D eigenvalue weighted by atomic mass is 32.2. The van der Waals surface area contributed by atoms with Crippen molar-refractivity contribution in [2.45, 2.75) is 115 Å². The Hall–Kier alpha value is -2.31. The van der Waals surface area contributed by atoms with Crippen molar-refractivity contribution in [1.82, 2.24) is 4.31 Å². The number of sulfonamides is 1. The fourth-order valence-corrected chi connectivity index (χ4v) is 10.5. The van der Waals surface area contributed by atoms with Crippen LogP contribution in [0.15, 0.2) is 35.2 Å². The highest BCUT2D eigenvalue weighted by Crippen LogP contribution is 2.36. The van der Waals surface area contributed by atoms with E-state index in [4.69, 9.17) is 0 Å². The van der Waals surface area contributed by atoms with E-state index >= 15 is 0 Å². The Labute approximate surface area is 292 Å². The van der Waals surface area contributed by atoms with E-state index in [1.54, 1.807) is 21.7 Å². The Morgan fingerprint density at radius 3 is 2.08 bits per heavy atom. The van der Waals surface area contributed by atoms with E-state index in [0.717, 1.165) is 92.5 Å². The minimum atomic E-state index is -4.02. The van der Waals surface area contributed by atoms with E-state index in [9.17, 15) is 21.4 Å². The summed E-state index contributed by atoms with van der Waals surface area (Å²) in [5.74, 6) is -0.273. The van der Waals surface area contributed by atoms with Gasteiger partial charge in [0.2, 0.25) is 15.5 Å². The molecule has 0 aliphatic carbocycles. The normalized spacial score (nSPS) is 15.2. The lowest BCUT2D eigenvalue weighted by Gasteiger charge is -2.37. The summed E-state index contributed by atoms with van der Waals surface area (Å²) in [5, 5.41) is 0.982. The molecule has 1 N–H and O–H groups in total. The highest BCUT2D eigenvalue weighted by molar-refractivity contribution is 7.89. The number of nitrogens with zero attached hydrogens (tertiary/aromatic N) is 3. The third-order valence-electron chi connectivity index (χ3n) is 9.67. The van der Waals surface area contributed by atoms with Gasteiger partial charge >= 0.3 is 0 Å². The summed E-state index contributed by atoms with van der Waals surface area (Å²) in [6.45, 7) is 8.25. The Bertz CT molecular complexity index is 1740. The Kier molecular flexibility index (Phi) is 13.1. The predicted octanol–water partition coefficient (Wildman–Crippen LogP) is 7.88. The zero-order chi connectivity index (χ0) is 34.1. The minimum absolute atomic E-state index is 0.273. The van der Waals surface area contributed by atoms with Gasteiger partial charge in [0.25, 0.3) is 15.1 Å². The molecule has 1 aromatic heterocycles. The van der Waals surface area contributed by atoms with E-state index in [-0.39, 0.29) is 5.75 Å². The molecule has 0 bridgehead atoms. The first-order chi connectivity index (χ1) is 23.1. The van der Waals surface area contributed by atoms with Gasteiger partial charge in [-0.3, -0.25) is 4.55 Å². The van der Waals surface area contributed by atoms with Gasteiger partial charge in [0.05, 0.1) is 10.6 Å². The van der Waals surface area contributed by atoms with Gasteiger partial charge in [-0.2, -0.15) is 17.3 Å². The molecular formula is C37H54N3O5S3+. The second-order valence-electron chi connectivity index (χ2n) is 13.5. The maximum atomic E-state index is 14.0. The Morgan fingerprint density at radius 1 is 0.833 bits per heavy atom. The largest absolute Gasteiger partial charge is 0.371 e. The fourth-order valence-electron chi connectivity index (χ4n) is 7.18. The van der Waals surface area contributed by atoms with Crippen LogP contribution in [0.5, 0.6) is 0 Å². The molecule has 0 saturated heterocycles. The molecule has 0 atom stereocenters. The van der Waals surface area contributed by atoms with Crippen LogP contribution in [0.25, 0.3) is 22.4 Å². The predicted molar refractivity (Wildman–Crippen MR) is 199 cm³/mol. The molecule has 48 heavy (non-hydrogen) atoms. The van der Waals surface area contributed by atoms with Gasteiger partial charge in [-0.05, 0) is 92.0 Å². The molecule has 5 rings (SSSR count). The number of aromatic nitrogens is 1. The van der Waals surface area contributed by atoms with Crippen molar-refractivity contribution in [3.05, 3.63) is 52.0 Å². The SMILES string of the molecule is CCCCCCN(CCCCCC)S(=O)(=O)c1ccc2c(c1)sc(C=Cc1cc3c4c(c1)CCCN4CCC3)[n+]2CCCCS(=O)(=O)O. The number of thiazole rings is 1. The van der Waals surface area contributed by atoms with Crippen LogP contribution < -0.4 is 9.47 Å². The van der Waals surface area contributed by atoms with Crippen LogP contribution in [-0.4, -0.2) is 57.6 Å². The summed E-state index contributed by atoms with van der Waals surface area (Å²) in [5.41, 5.74) is 6.40. The number of hydrogen-bond acceptors (Lipinski definition) is 6. The smallest absolute Gasteiger partial charge is 0.264 e. The van der Waals surface area contributed by atoms with Crippen LogP contribution in [-0.2, 0) is 39.5 Å². The van der Waals surface area contributed by atoms with Crippen molar-refractivity contribution in [1.29, 1.82) is 0 Å². The molecule has 0 saturated carbocycles. The summed E-state index contributed by atoms with van der Waals surface area (Å²) in [4.78, 5) is 2.87. The highest BCUT2D eigenvalue weighted by Gasteiger charge is 2.28. The zero-order valence-electron chi connectivity index (χ0n) is 28.8. The quantitative estimate of drug-likeness (QED) is 0.0771. The van der Waals surface area contributed by atoms with Crippen LogP contribution in [0.3, 0.4) is 0 Å².